The number of hydrogen-bond donors (Lipinski definition) is 2. The number of aryl methyl sites for hydroxylation is 1. The zero-order valence-electron chi connectivity index (χ0n) is 13.9. The van der Waals surface area contributed by atoms with Crippen LogP contribution in [0.25, 0.3) is 0 Å². The Hall–Kier alpha value is -1.82. The van der Waals surface area contributed by atoms with Crippen LogP contribution in [-0.4, -0.2) is 28.8 Å². The second-order valence-corrected chi connectivity index (χ2v) is 6.28. The lowest BCUT2D eigenvalue weighted by atomic mass is 10.1. The van der Waals surface area contributed by atoms with Gasteiger partial charge in [-0.15, -0.1) is 0 Å². The second kappa shape index (κ2) is 8.72. The molecule has 5 nitrogen and oxygen atoms in total. The van der Waals surface area contributed by atoms with Gasteiger partial charge in [0.2, 0.25) is 0 Å². The molecule has 0 aliphatic heterocycles. The Labute approximate surface area is 146 Å². The Bertz CT molecular complexity index is 650. The van der Waals surface area contributed by atoms with E-state index in [2.05, 4.69) is 62.6 Å². The zero-order chi connectivity index (χ0) is 16.7. The highest BCUT2D eigenvalue weighted by Gasteiger charge is 2.10. The highest BCUT2D eigenvalue weighted by atomic mass is 79.9. The van der Waals surface area contributed by atoms with Gasteiger partial charge in [0.05, 0.1) is 25.3 Å². The minimum atomic E-state index is 0.162. The minimum absolute atomic E-state index is 0.162. The van der Waals surface area contributed by atoms with E-state index in [9.17, 15) is 0 Å². The molecule has 0 radical (unpaired) electrons. The number of nitrogens with one attached hydrogen (secondary N) is 2. The van der Waals surface area contributed by atoms with Gasteiger partial charge in [-0.05, 0) is 38.0 Å². The molecule has 1 aromatic carbocycles. The SMILES string of the molecule is CCNC(=NCCn1cc(C)cn1)NC(C)c1ccccc1Br. The monoisotopic (exact) mass is 377 g/mol. The van der Waals surface area contributed by atoms with Gasteiger partial charge in [0.25, 0.3) is 0 Å². The number of rotatable bonds is 6. The van der Waals surface area contributed by atoms with Crippen molar-refractivity contribution in [3.63, 3.8) is 0 Å². The summed E-state index contributed by atoms with van der Waals surface area (Å²) in [5.41, 5.74) is 2.38. The fourth-order valence-electron chi connectivity index (χ4n) is 2.28. The number of nitrogens with zero attached hydrogens (tertiary/aromatic N) is 3. The van der Waals surface area contributed by atoms with Gasteiger partial charge in [0, 0.05) is 17.2 Å². The molecule has 1 atom stereocenters. The first-order valence-electron chi connectivity index (χ1n) is 7.88. The van der Waals surface area contributed by atoms with Crippen LogP contribution in [0.5, 0.6) is 0 Å². The summed E-state index contributed by atoms with van der Waals surface area (Å²) in [4.78, 5) is 4.63. The molecule has 124 valence electrons. The number of hydrogen-bond acceptors (Lipinski definition) is 2. The normalized spacial score (nSPS) is 13.0. The van der Waals surface area contributed by atoms with Crippen molar-refractivity contribution in [2.75, 3.05) is 13.1 Å². The third-order valence-electron chi connectivity index (χ3n) is 3.43. The Morgan fingerprint density at radius 3 is 2.83 bits per heavy atom. The van der Waals surface area contributed by atoms with Gasteiger partial charge in [-0.25, -0.2) is 0 Å². The maximum Gasteiger partial charge on any atom is 0.191 e. The highest BCUT2D eigenvalue weighted by molar-refractivity contribution is 9.10. The fraction of sp³-hybridized carbons (Fsp3) is 0.412. The van der Waals surface area contributed by atoms with Gasteiger partial charge in [0.15, 0.2) is 5.96 Å². The maximum absolute atomic E-state index is 4.63. The summed E-state index contributed by atoms with van der Waals surface area (Å²) in [6, 6.07) is 8.39. The predicted octanol–water partition coefficient (Wildman–Crippen LogP) is 3.27. The van der Waals surface area contributed by atoms with E-state index in [1.807, 2.05) is 36.1 Å². The average Bonchev–Trinajstić information content (AvgIpc) is 2.93. The van der Waals surface area contributed by atoms with Crippen LogP contribution in [0.1, 0.15) is 31.0 Å². The van der Waals surface area contributed by atoms with Crippen LogP contribution in [0, 0.1) is 6.92 Å². The van der Waals surface area contributed by atoms with Gasteiger partial charge in [0.1, 0.15) is 0 Å². The molecule has 0 fully saturated rings. The van der Waals surface area contributed by atoms with Gasteiger partial charge >= 0.3 is 0 Å². The number of aromatic nitrogens is 2. The molecule has 0 bridgehead atoms. The van der Waals surface area contributed by atoms with E-state index in [1.54, 1.807) is 0 Å². The Morgan fingerprint density at radius 2 is 2.17 bits per heavy atom. The quantitative estimate of drug-likeness (QED) is 0.599. The summed E-state index contributed by atoms with van der Waals surface area (Å²) in [5, 5.41) is 11.0. The molecule has 0 saturated heterocycles. The molecule has 2 rings (SSSR count). The molecule has 2 N–H and O–H groups in total. The van der Waals surface area contributed by atoms with Crippen LogP contribution in [0.2, 0.25) is 0 Å². The molecular formula is C17H24BrN5. The summed E-state index contributed by atoms with van der Waals surface area (Å²) in [6.07, 6.45) is 3.89. The summed E-state index contributed by atoms with van der Waals surface area (Å²) in [6.45, 7) is 8.51. The molecule has 1 aromatic heterocycles. The lowest BCUT2D eigenvalue weighted by Crippen LogP contribution is -2.39. The first-order chi connectivity index (χ1) is 11.1. The van der Waals surface area contributed by atoms with E-state index >= 15 is 0 Å². The largest absolute Gasteiger partial charge is 0.357 e. The standard InChI is InChI=1S/C17H24BrN5/c1-4-19-17(20-9-10-23-12-13(2)11-21-23)22-14(3)15-7-5-6-8-16(15)18/h5-8,11-12,14H,4,9-10H2,1-3H3,(H2,19,20,22). The summed E-state index contributed by atoms with van der Waals surface area (Å²) < 4.78 is 3.02. The Kier molecular flexibility index (Phi) is 6.65. The lowest BCUT2D eigenvalue weighted by molar-refractivity contribution is 0.617. The van der Waals surface area contributed by atoms with Crippen LogP contribution in [0.4, 0.5) is 0 Å². The van der Waals surface area contributed by atoms with Crippen LogP contribution >= 0.6 is 15.9 Å². The van der Waals surface area contributed by atoms with Crippen molar-refractivity contribution in [1.29, 1.82) is 0 Å². The minimum Gasteiger partial charge on any atom is -0.357 e. The molecule has 0 spiro atoms. The fourth-order valence-corrected chi connectivity index (χ4v) is 2.91. The number of aliphatic imine (C=N–C) groups is 1. The molecule has 23 heavy (non-hydrogen) atoms. The summed E-state index contributed by atoms with van der Waals surface area (Å²) >= 11 is 3.60. The van der Waals surface area contributed by atoms with Crippen molar-refractivity contribution in [1.82, 2.24) is 20.4 Å². The van der Waals surface area contributed by atoms with E-state index in [-0.39, 0.29) is 6.04 Å². The van der Waals surface area contributed by atoms with Crippen LogP contribution < -0.4 is 10.6 Å². The van der Waals surface area contributed by atoms with Crippen molar-refractivity contribution in [3.8, 4) is 0 Å². The lowest BCUT2D eigenvalue weighted by Gasteiger charge is -2.19. The van der Waals surface area contributed by atoms with E-state index in [4.69, 9.17) is 0 Å². The maximum atomic E-state index is 4.63. The van der Waals surface area contributed by atoms with E-state index in [1.165, 1.54) is 11.1 Å². The summed E-state index contributed by atoms with van der Waals surface area (Å²) in [5.74, 6) is 0.819. The van der Waals surface area contributed by atoms with Crippen molar-refractivity contribution in [2.24, 2.45) is 4.99 Å². The first kappa shape index (κ1) is 17.5. The predicted molar refractivity (Wildman–Crippen MR) is 98.6 cm³/mol. The van der Waals surface area contributed by atoms with E-state index in [0.29, 0.717) is 6.54 Å². The Morgan fingerprint density at radius 1 is 1.39 bits per heavy atom. The second-order valence-electron chi connectivity index (χ2n) is 5.43. The van der Waals surface area contributed by atoms with Crippen molar-refractivity contribution < 1.29 is 0 Å². The van der Waals surface area contributed by atoms with Gasteiger partial charge in [-0.3, -0.25) is 9.67 Å². The molecule has 1 heterocycles. The molecule has 0 aliphatic rings. The smallest absolute Gasteiger partial charge is 0.191 e. The van der Waals surface area contributed by atoms with Crippen molar-refractivity contribution >= 4 is 21.9 Å². The number of halogens is 1. The molecule has 0 amide bonds. The van der Waals surface area contributed by atoms with Crippen LogP contribution in [-0.2, 0) is 6.54 Å². The van der Waals surface area contributed by atoms with E-state index in [0.717, 1.165) is 23.5 Å². The summed E-state index contributed by atoms with van der Waals surface area (Å²) in [7, 11) is 0. The van der Waals surface area contributed by atoms with Crippen LogP contribution in [0.15, 0.2) is 46.1 Å². The number of benzene rings is 1. The highest BCUT2D eigenvalue weighted by Crippen LogP contribution is 2.22. The Balaban J connectivity index is 1.97. The molecule has 1 unspecified atom stereocenters. The first-order valence-corrected chi connectivity index (χ1v) is 8.67. The molecular weight excluding hydrogens is 354 g/mol. The molecule has 6 heteroatoms. The van der Waals surface area contributed by atoms with Crippen LogP contribution in [0.3, 0.4) is 0 Å². The van der Waals surface area contributed by atoms with Gasteiger partial charge < -0.3 is 10.6 Å². The van der Waals surface area contributed by atoms with E-state index < -0.39 is 0 Å². The van der Waals surface area contributed by atoms with Gasteiger partial charge in [-0.1, -0.05) is 34.1 Å². The van der Waals surface area contributed by atoms with Crippen molar-refractivity contribution in [3.05, 3.63) is 52.3 Å². The topological polar surface area (TPSA) is 54.2 Å². The molecule has 0 aliphatic carbocycles. The third-order valence-corrected chi connectivity index (χ3v) is 4.15. The third kappa shape index (κ3) is 5.39. The number of guanidine groups is 1. The van der Waals surface area contributed by atoms with Gasteiger partial charge in [-0.2, -0.15) is 5.10 Å². The zero-order valence-corrected chi connectivity index (χ0v) is 15.5. The molecule has 0 saturated carbocycles. The average molecular weight is 378 g/mol. The molecule has 2 aromatic rings. The van der Waals surface area contributed by atoms with Crippen molar-refractivity contribution in [2.45, 2.75) is 33.4 Å².